The van der Waals surface area contributed by atoms with Gasteiger partial charge in [0.2, 0.25) is 0 Å². The van der Waals surface area contributed by atoms with E-state index in [1.807, 2.05) is 0 Å². The number of fused-ring (bicyclic) bond motifs is 1. The number of nitro groups is 1. The topological polar surface area (TPSA) is 104 Å². The molecule has 0 radical (unpaired) electrons. The second-order valence-corrected chi connectivity index (χ2v) is 8.07. The van der Waals surface area contributed by atoms with Gasteiger partial charge >= 0.3 is 0 Å². The molecule has 1 aromatic carbocycles. The first-order valence-electron chi connectivity index (χ1n) is 10.2. The molecule has 28 heavy (non-hydrogen) atoms. The van der Waals surface area contributed by atoms with E-state index in [-0.39, 0.29) is 22.8 Å². The van der Waals surface area contributed by atoms with E-state index in [0.29, 0.717) is 17.4 Å². The zero-order valence-electron chi connectivity index (χ0n) is 16.1. The van der Waals surface area contributed by atoms with E-state index in [1.54, 1.807) is 6.07 Å². The molecule has 1 saturated carbocycles. The minimum Gasteiger partial charge on any atom is -0.349 e. The summed E-state index contributed by atoms with van der Waals surface area (Å²) in [4.78, 5) is 26.1. The average Bonchev–Trinajstić information content (AvgIpc) is 3.16. The van der Waals surface area contributed by atoms with Gasteiger partial charge in [0.1, 0.15) is 0 Å². The van der Waals surface area contributed by atoms with Crippen LogP contribution in [0.15, 0.2) is 18.2 Å². The minimum absolute atomic E-state index is 0.0342. The molecule has 1 saturated heterocycles. The van der Waals surface area contributed by atoms with Crippen molar-refractivity contribution in [2.24, 2.45) is 0 Å². The summed E-state index contributed by atoms with van der Waals surface area (Å²) < 4.78 is 0. The molecular weight excluding hydrogens is 358 g/mol. The summed E-state index contributed by atoms with van der Waals surface area (Å²) in [6.45, 7) is 2.82. The number of hydrogen-bond donors (Lipinski definition) is 2. The highest BCUT2D eigenvalue weighted by Gasteiger charge is 2.38. The minimum atomic E-state index is -0.457. The zero-order chi connectivity index (χ0) is 19.6. The second kappa shape index (κ2) is 7.87. The highest BCUT2D eigenvalue weighted by atomic mass is 16.6. The SMILES string of the molecule is O=C(NCC1(N2CCCCC2)CCCCC1)c1n[nH]c2ccc([N+](=O)[O-])cc12. The monoisotopic (exact) mass is 385 g/mol. The van der Waals surface area contributed by atoms with E-state index in [1.165, 1.54) is 50.7 Å². The number of carbonyl (C=O) groups is 1. The van der Waals surface area contributed by atoms with Crippen molar-refractivity contribution >= 4 is 22.5 Å². The maximum atomic E-state index is 12.9. The summed E-state index contributed by atoms with van der Waals surface area (Å²) in [6, 6.07) is 4.41. The van der Waals surface area contributed by atoms with Crippen LogP contribution in [0.5, 0.6) is 0 Å². The maximum absolute atomic E-state index is 12.9. The van der Waals surface area contributed by atoms with Gasteiger partial charge in [0.25, 0.3) is 11.6 Å². The van der Waals surface area contributed by atoms with Gasteiger partial charge in [-0.25, -0.2) is 0 Å². The molecule has 1 aliphatic heterocycles. The van der Waals surface area contributed by atoms with Gasteiger partial charge in [0, 0.05) is 29.6 Å². The third-order valence-corrected chi connectivity index (χ3v) is 6.36. The molecule has 0 spiro atoms. The predicted molar refractivity (Wildman–Crippen MR) is 106 cm³/mol. The number of hydrogen-bond acceptors (Lipinski definition) is 5. The Kier molecular flexibility index (Phi) is 5.30. The van der Waals surface area contributed by atoms with Crippen LogP contribution >= 0.6 is 0 Å². The summed E-state index contributed by atoms with van der Waals surface area (Å²) in [5, 5.41) is 21.6. The van der Waals surface area contributed by atoms with Crippen LogP contribution in [0, 0.1) is 10.1 Å². The van der Waals surface area contributed by atoms with E-state index in [2.05, 4.69) is 20.4 Å². The van der Waals surface area contributed by atoms with E-state index >= 15 is 0 Å². The first-order valence-corrected chi connectivity index (χ1v) is 10.2. The fourth-order valence-electron chi connectivity index (χ4n) is 4.80. The molecule has 2 aromatic rings. The largest absolute Gasteiger partial charge is 0.349 e. The maximum Gasteiger partial charge on any atom is 0.272 e. The van der Waals surface area contributed by atoms with Gasteiger partial charge in [-0.2, -0.15) is 5.10 Å². The number of likely N-dealkylation sites (tertiary alicyclic amines) is 1. The number of H-pyrrole nitrogens is 1. The Morgan fingerprint density at radius 3 is 2.61 bits per heavy atom. The molecule has 1 aliphatic carbocycles. The molecular formula is C20H27N5O3. The highest BCUT2D eigenvalue weighted by Crippen LogP contribution is 2.35. The number of carbonyl (C=O) groups excluding carboxylic acids is 1. The molecule has 2 N–H and O–H groups in total. The lowest BCUT2D eigenvalue weighted by atomic mass is 9.79. The summed E-state index contributed by atoms with van der Waals surface area (Å²) >= 11 is 0. The Hall–Kier alpha value is -2.48. The Labute approximate surface area is 163 Å². The van der Waals surface area contributed by atoms with Crippen LogP contribution in [0.4, 0.5) is 5.69 Å². The van der Waals surface area contributed by atoms with Crippen LogP contribution in [-0.2, 0) is 0 Å². The number of nitrogens with zero attached hydrogens (tertiary/aromatic N) is 3. The lowest BCUT2D eigenvalue weighted by Gasteiger charge is -2.48. The van der Waals surface area contributed by atoms with E-state index in [0.717, 1.165) is 25.9 Å². The molecule has 1 aromatic heterocycles. The second-order valence-electron chi connectivity index (χ2n) is 8.07. The molecule has 2 fully saturated rings. The number of non-ortho nitro benzene ring substituents is 1. The number of piperidine rings is 1. The molecule has 0 atom stereocenters. The molecule has 0 bridgehead atoms. The normalized spacial score (nSPS) is 20.1. The molecule has 4 rings (SSSR count). The molecule has 8 nitrogen and oxygen atoms in total. The van der Waals surface area contributed by atoms with Crippen molar-refractivity contribution in [3.05, 3.63) is 34.0 Å². The first-order chi connectivity index (χ1) is 13.6. The van der Waals surface area contributed by atoms with Gasteiger partial charge < -0.3 is 5.32 Å². The molecule has 1 amide bonds. The summed E-state index contributed by atoms with van der Waals surface area (Å²) in [5.41, 5.74) is 0.842. The third kappa shape index (κ3) is 3.61. The van der Waals surface area contributed by atoms with E-state index < -0.39 is 4.92 Å². The lowest BCUT2D eigenvalue weighted by Crippen LogP contribution is -2.58. The molecule has 150 valence electrons. The van der Waals surface area contributed by atoms with Crippen molar-refractivity contribution in [2.45, 2.75) is 56.9 Å². The van der Waals surface area contributed by atoms with E-state index in [9.17, 15) is 14.9 Å². The van der Waals surface area contributed by atoms with Gasteiger partial charge in [-0.15, -0.1) is 0 Å². The third-order valence-electron chi connectivity index (χ3n) is 6.36. The highest BCUT2D eigenvalue weighted by molar-refractivity contribution is 6.05. The number of aromatic amines is 1. The molecule has 2 aliphatic rings. The zero-order valence-corrected chi connectivity index (χ0v) is 16.1. The average molecular weight is 385 g/mol. The van der Waals surface area contributed by atoms with Crippen LogP contribution < -0.4 is 5.32 Å². The summed E-state index contributed by atoms with van der Waals surface area (Å²) in [5.74, 6) is -0.270. The van der Waals surface area contributed by atoms with Crippen molar-refractivity contribution in [1.29, 1.82) is 0 Å². The number of amides is 1. The van der Waals surface area contributed by atoms with Crippen molar-refractivity contribution < 1.29 is 9.72 Å². The number of nitro benzene ring substituents is 1. The standard InChI is InChI=1S/C20H27N5O3/c26-19(18-16-13-15(25(27)28)7-8-17(16)22-23-18)21-14-20(9-3-1-4-10-20)24-11-5-2-6-12-24/h7-8,13H,1-6,9-12,14H2,(H,21,26)(H,22,23). The van der Waals surface area contributed by atoms with Crippen molar-refractivity contribution in [3.8, 4) is 0 Å². The molecule has 0 unspecified atom stereocenters. The number of nitrogens with one attached hydrogen (secondary N) is 2. The van der Waals surface area contributed by atoms with Crippen molar-refractivity contribution in [2.75, 3.05) is 19.6 Å². The number of aromatic nitrogens is 2. The summed E-state index contributed by atoms with van der Waals surface area (Å²) in [6.07, 6.45) is 9.62. The van der Waals surface area contributed by atoms with Crippen LogP contribution in [0.25, 0.3) is 10.9 Å². The summed E-state index contributed by atoms with van der Waals surface area (Å²) in [7, 11) is 0. The Balaban J connectivity index is 1.53. The van der Waals surface area contributed by atoms with Crippen LogP contribution in [-0.4, -0.2) is 51.1 Å². The number of benzene rings is 1. The quantitative estimate of drug-likeness (QED) is 0.606. The van der Waals surface area contributed by atoms with Crippen molar-refractivity contribution in [1.82, 2.24) is 20.4 Å². The van der Waals surface area contributed by atoms with Gasteiger partial charge in [-0.05, 0) is 44.8 Å². The van der Waals surface area contributed by atoms with Crippen LogP contribution in [0.1, 0.15) is 61.9 Å². The number of rotatable bonds is 5. The smallest absolute Gasteiger partial charge is 0.272 e. The van der Waals surface area contributed by atoms with Crippen LogP contribution in [0.2, 0.25) is 0 Å². The Morgan fingerprint density at radius 2 is 1.89 bits per heavy atom. The predicted octanol–water partition coefficient (Wildman–Crippen LogP) is 3.39. The van der Waals surface area contributed by atoms with Gasteiger partial charge in [-0.3, -0.25) is 24.9 Å². The van der Waals surface area contributed by atoms with Gasteiger partial charge in [0.05, 0.1) is 10.4 Å². The molecule has 2 heterocycles. The first kappa shape index (κ1) is 18.9. The van der Waals surface area contributed by atoms with Crippen molar-refractivity contribution in [3.63, 3.8) is 0 Å². The fourth-order valence-corrected chi connectivity index (χ4v) is 4.80. The van der Waals surface area contributed by atoms with Crippen LogP contribution in [0.3, 0.4) is 0 Å². The Morgan fingerprint density at radius 1 is 1.18 bits per heavy atom. The van der Waals surface area contributed by atoms with Gasteiger partial charge in [0.15, 0.2) is 5.69 Å². The Bertz CT molecular complexity index is 866. The van der Waals surface area contributed by atoms with E-state index in [4.69, 9.17) is 0 Å². The van der Waals surface area contributed by atoms with Gasteiger partial charge in [-0.1, -0.05) is 25.7 Å². The lowest BCUT2D eigenvalue weighted by molar-refractivity contribution is -0.384. The molecule has 8 heteroatoms. The fraction of sp³-hybridized carbons (Fsp3) is 0.600.